The number of benzene rings is 2. The third-order valence-electron chi connectivity index (χ3n) is 4.11. The van der Waals surface area contributed by atoms with E-state index in [2.05, 4.69) is 4.98 Å². The standard InChI is InChI=1S/C21H16N2O2S2/c22-20-18(21-23-10-11-26-21)19(24)17(27-20)12-14-6-8-16(9-7-14)25-13-15-4-2-1-3-5-15/h1-12,18,22H,13H2. The number of rotatable bonds is 5. The van der Waals surface area contributed by atoms with Crippen molar-refractivity contribution in [1.29, 1.82) is 5.41 Å². The number of hydrogen-bond acceptors (Lipinski definition) is 6. The maximum atomic E-state index is 12.7. The summed E-state index contributed by atoms with van der Waals surface area (Å²) in [5, 5.41) is 11.0. The minimum atomic E-state index is -0.547. The molecule has 2 aromatic carbocycles. The van der Waals surface area contributed by atoms with E-state index in [1.54, 1.807) is 6.20 Å². The molecule has 0 aliphatic carbocycles. The molecular weight excluding hydrogens is 376 g/mol. The van der Waals surface area contributed by atoms with E-state index in [4.69, 9.17) is 10.1 Å². The Balaban J connectivity index is 1.45. The van der Waals surface area contributed by atoms with Gasteiger partial charge < -0.3 is 4.74 Å². The smallest absolute Gasteiger partial charge is 0.186 e. The third-order valence-corrected chi connectivity index (χ3v) is 5.95. The van der Waals surface area contributed by atoms with E-state index in [-0.39, 0.29) is 5.78 Å². The maximum Gasteiger partial charge on any atom is 0.186 e. The molecule has 0 radical (unpaired) electrons. The fraction of sp³-hybridized carbons (Fsp3) is 0.0952. The van der Waals surface area contributed by atoms with Gasteiger partial charge in [0, 0.05) is 11.6 Å². The molecule has 4 rings (SSSR count). The number of ketones is 1. The van der Waals surface area contributed by atoms with Crippen molar-refractivity contribution in [3.05, 3.63) is 87.2 Å². The fourth-order valence-corrected chi connectivity index (χ4v) is 4.55. The molecule has 1 saturated heterocycles. The van der Waals surface area contributed by atoms with Gasteiger partial charge in [0.25, 0.3) is 0 Å². The lowest BCUT2D eigenvalue weighted by molar-refractivity contribution is -0.114. The molecule has 4 nitrogen and oxygen atoms in total. The number of Topliss-reactive ketones (excluding diaryl/α,β-unsaturated/α-hetero) is 1. The molecule has 1 aliphatic heterocycles. The van der Waals surface area contributed by atoms with Crippen LogP contribution in [0.25, 0.3) is 6.08 Å². The van der Waals surface area contributed by atoms with Crippen LogP contribution in [-0.4, -0.2) is 15.8 Å². The molecule has 0 amide bonds. The second kappa shape index (κ2) is 7.90. The highest BCUT2D eigenvalue weighted by atomic mass is 32.2. The van der Waals surface area contributed by atoms with E-state index in [1.165, 1.54) is 23.1 Å². The van der Waals surface area contributed by atoms with E-state index in [9.17, 15) is 4.79 Å². The molecule has 134 valence electrons. The highest BCUT2D eigenvalue weighted by Crippen LogP contribution is 2.41. The molecule has 1 fully saturated rings. The number of aromatic nitrogens is 1. The number of carbonyl (C=O) groups is 1. The molecule has 1 N–H and O–H groups in total. The number of thiazole rings is 1. The third kappa shape index (κ3) is 4.02. The van der Waals surface area contributed by atoms with Crippen molar-refractivity contribution >= 4 is 40.0 Å². The fourth-order valence-electron chi connectivity index (χ4n) is 2.74. The van der Waals surface area contributed by atoms with Crippen molar-refractivity contribution in [3.8, 4) is 5.75 Å². The van der Waals surface area contributed by atoms with Crippen LogP contribution in [0.3, 0.4) is 0 Å². The molecular formula is C21H16N2O2S2. The molecule has 0 saturated carbocycles. The first-order valence-corrected chi connectivity index (χ1v) is 10.1. The monoisotopic (exact) mass is 392 g/mol. The zero-order chi connectivity index (χ0) is 18.6. The average Bonchev–Trinajstić information content (AvgIpc) is 3.30. The first-order chi connectivity index (χ1) is 13.2. The van der Waals surface area contributed by atoms with Gasteiger partial charge in [0.15, 0.2) is 5.78 Å². The molecule has 0 bridgehead atoms. The van der Waals surface area contributed by atoms with Gasteiger partial charge in [-0.2, -0.15) is 0 Å². The molecule has 6 heteroatoms. The first kappa shape index (κ1) is 17.7. The number of carbonyl (C=O) groups excluding carboxylic acids is 1. The van der Waals surface area contributed by atoms with Crippen LogP contribution < -0.4 is 4.74 Å². The Bertz CT molecular complexity index is 981. The number of nitrogens with zero attached hydrogens (tertiary/aromatic N) is 1. The predicted octanol–water partition coefficient (Wildman–Crippen LogP) is 5.14. The van der Waals surface area contributed by atoms with Gasteiger partial charge in [0.2, 0.25) is 0 Å². The normalized spacial score (nSPS) is 18.2. The maximum absolute atomic E-state index is 12.7. The summed E-state index contributed by atoms with van der Waals surface area (Å²) in [5.41, 5.74) is 2.02. The molecule has 3 aromatic rings. The molecule has 27 heavy (non-hydrogen) atoms. The summed E-state index contributed by atoms with van der Waals surface area (Å²) in [5.74, 6) is 0.180. The van der Waals surface area contributed by atoms with Gasteiger partial charge in [0.1, 0.15) is 23.3 Å². The van der Waals surface area contributed by atoms with Crippen molar-refractivity contribution in [1.82, 2.24) is 4.98 Å². The summed E-state index contributed by atoms with van der Waals surface area (Å²) >= 11 is 2.63. The topological polar surface area (TPSA) is 63.0 Å². The minimum Gasteiger partial charge on any atom is -0.489 e. The van der Waals surface area contributed by atoms with Gasteiger partial charge in [-0.1, -0.05) is 54.2 Å². The summed E-state index contributed by atoms with van der Waals surface area (Å²) in [6, 6.07) is 17.6. The Kier molecular flexibility index (Phi) is 5.18. The Morgan fingerprint density at radius 1 is 1.11 bits per heavy atom. The van der Waals surface area contributed by atoms with Crippen molar-refractivity contribution in [2.24, 2.45) is 0 Å². The van der Waals surface area contributed by atoms with Crippen LogP contribution >= 0.6 is 23.1 Å². The Hall–Kier alpha value is -2.70. The number of allylic oxidation sites excluding steroid dienone is 1. The lowest BCUT2D eigenvalue weighted by Crippen LogP contribution is -2.11. The van der Waals surface area contributed by atoms with Gasteiger partial charge in [-0.05, 0) is 29.3 Å². The lowest BCUT2D eigenvalue weighted by atomic mass is 10.1. The SMILES string of the molecule is N=C1SC(=Cc2ccc(OCc3ccccc3)cc2)C(=O)C1c1nccs1. The van der Waals surface area contributed by atoms with Crippen LogP contribution in [0.4, 0.5) is 0 Å². The Morgan fingerprint density at radius 3 is 2.59 bits per heavy atom. The van der Waals surface area contributed by atoms with E-state index in [0.29, 0.717) is 21.6 Å². The van der Waals surface area contributed by atoms with Crippen LogP contribution in [0.1, 0.15) is 22.1 Å². The second-order valence-electron chi connectivity index (χ2n) is 5.99. The summed E-state index contributed by atoms with van der Waals surface area (Å²) in [4.78, 5) is 17.4. The van der Waals surface area contributed by atoms with Crippen LogP contribution in [0, 0.1) is 5.41 Å². The molecule has 1 aromatic heterocycles. The van der Waals surface area contributed by atoms with Crippen LogP contribution in [0.15, 0.2) is 71.1 Å². The summed E-state index contributed by atoms with van der Waals surface area (Å²) < 4.78 is 5.79. The van der Waals surface area contributed by atoms with Crippen molar-refractivity contribution < 1.29 is 9.53 Å². The summed E-state index contributed by atoms with van der Waals surface area (Å²) in [6.45, 7) is 0.516. The number of nitrogens with one attached hydrogen (secondary N) is 1. The van der Waals surface area contributed by atoms with Gasteiger partial charge in [-0.3, -0.25) is 10.2 Å². The number of ether oxygens (including phenoxy) is 1. The van der Waals surface area contributed by atoms with Crippen molar-refractivity contribution in [3.63, 3.8) is 0 Å². The van der Waals surface area contributed by atoms with Gasteiger partial charge >= 0.3 is 0 Å². The van der Waals surface area contributed by atoms with Crippen LogP contribution in [0.5, 0.6) is 5.75 Å². The highest BCUT2D eigenvalue weighted by molar-refractivity contribution is 8.19. The van der Waals surface area contributed by atoms with Gasteiger partial charge in [-0.15, -0.1) is 11.3 Å². The molecule has 1 atom stereocenters. The Morgan fingerprint density at radius 2 is 1.89 bits per heavy atom. The highest BCUT2D eigenvalue weighted by Gasteiger charge is 2.38. The van der Waals surface area contributed by atoms with Gasteiger partial charge in [-0.25, -0.2) is 4.98 Å². The van der Waals surface area contributed by atoms with Crippen molar-refractivity contribution in [2.45, 2.75) is 12.5 Å². The first-order valence-electron chi connectivity index (χ1n) is 8.39. The van der Waals surface area contributed by atoms with E-state index < -0.39 is 5.92 Å². The van der Waals surface area contributed by atoms with Crippen molar-refractivity contribution in [2.75, 3.05) is 0 Å². The predicted molar refractivity (Wildman–Crippen MR) is 110 cm³/mol. The number of thioether (sulfide) groups is 1. The van der Waals surface area contributed by atoms with Crippen LogP contribution in [-0.2, 0) is 11.4 Å². The largest absolute Gasteiger partial charge is 0.489 e. The second-order valence-corrected chi connectivity index (χ2v) is 8.00. The lowest BCUT2D eigenvalue weighted by Gasteiger charge is -2.06. The molecule has 0 spiro atoms. The number of hydrogen-bond donors (Lipinski definition) is 1. The van der Waals surface area contributed by atoms with E-state index in [1.807, 2.05) is 66.1 Å². The zero-order valence-electron chi connectivity index (χ0n) is 14.3. The zero-order valence-corrected chi connectivity index (χ0v) is 15.9. The minimum absolute atomic E-state index is 0.0515. The summed E-state index contributed by atoms with van der Waals surface area (Å²) in [6.07, 6.45) is 3.50. The quantitative estimate of drug-likeness (QED) is 0.611. The summed E-state index contributed by atoms with van der Waals surface area (Å²) in [7, 11) is 0. The van der Waals surface area contributed by atoms with Crippen LogP contribution in [0.2, 0.25) is 0 Å². The van der Waals surface area contributed by atoms with E-state index >= 15 is 0 Å². The Labute approximate surface area is 165 Å². The molecule has 2 heterocycles. The molecule has 1 aliphatic rings. The molecule has 1 unspecified atom stereocenters. The van der Waals surface area contributed by atoms with Gasteiger partial charge in [0.05, 0.1) is 9.95 Å². The van der Waals surface area contributed by atoms with E-state index in [0.717, 1.165) is 16.9 Å². The average molecular weight is 393 g/mol.